The van der Waals surface area contributed by atoms with Crippen LogP contribution in [0.1, 0.15) is 67.6 Å². The molecule has 2 heterocycles. The van der Waals surface area contributed by atoms with E-state index in [1.165, 1.54) is 0 Å². The monoisotopic (exact) mass is 422 g/mol. The SMILES string of the molecule is CCOC(=O)c1c(C)[nH]c(C)c1C(=O)COC(=O)c1c(CC)nc2ccccc2c1C. The van der Waals surface area contributed by atoms with Crippen molar-refractivity contribution in [1.82, 2.24) is 9.97 Å². The van der Waals surface area contributed by atoms with Crippen molar-refractivity contribution in [3.63, 3.8) is 0 Å². The second-order valence-electron chi connectivity index (χ2n) is 7.27. The van der Waals surface area contributed by atoms with Gasteiger partial charge in [-0.15, -0.1) is 0 Å². The molecule has 1 aromatic carbocycles. The zero-order chi connectivity index (χ0) is 22.7. The van der Waals surface area contributed by atoms with Crippen LogP contribution < -0.4 is 0 Å². The standard InChI is InChI=1S/C24H26N2O5/c1-6-17-20(13(3)16-10-8-9-11-18(16)26-17)23(28)31-12-19(27)21-14(4)25-15(5)22(21)24(29)30-7-2/h8-11,25H,6-7,12H2,1-5H3. The Balaban J connectivity index is 1.88. The first-order valence-electron chi connectivity index (χ1n) is 10.2. The summed E-state index contributed by atoms with van der Waals surface area (Å²) < 4.78 is 10.4. The highest BCUT2D eigenvalue weighted by Crippen LogP contribution is 2.25. The number of ether oxygens (including phenoxy) is 2. The Labute approximate surface area is 180 Å². The molecular weight excluding hydrogens is 396 g/mol. The molecule has 31 heavy (non-hydrogen) atoms. The van der Waals surface area contributed by atoms with Gasteiger partial charge in [0, 0.05) is 16.8 Å². The smallest absolute Gasteiger partial charge is 0.340 e. The van der Waals surface area contributed by atoms with Crippen molar-refractivity contribution < 1.29 is 23.9 Å². The highest BCUT2D eigenvalue weighted by atomic mass is 16.5. The number of esters is 2. The fourth-order valence-corrected chi connectivity index (χ4v) is 3.83. The van der Waals surface area contributed by atoms with Crippen molar-refractivity contribution in [2.45, 2.75) is 41.0 Å². The molecule has 0 aliphatic rings. The molecule has 0 saturated carbocycles. The summed E-state index contributed by atoms with van der Waals surface area (Å²) in [6.07, 6.45) is 0.549. The van der Waals surface area contributed by atoms with Crippen LogP contribution >= 0.6 is 0 Å². The molecule has 0 fully saturated rings. The Morgan fingerprint density at radius 3 is 2.23 bits per heavy atom. The molecule has 0 unspecified atom stereocenters. The van der Waals surface area contributed by atoms with Crippen molar-refractivity contribution in [3.05, 3.63) is 63.6 Å². The summed E-state index contributed by atoms with van der Waals surface area (Å²) in [5, 5.41) is 0.861. The van der Waals surface area contributed by atoms with Crippen LogP contribution in [0.15, 0.2) is 24.3 Å². The summed E-state index contributed by atoms with van der Waals surface area (Å²) in [4.78, 5) is 45.7. The number of fused-ring (bicyclic) bond motifs is 1. The van der Waals surface area contributed by atoms with Crippen LogP contribution in [0.2, 0.25) is 0 Å². The normalized spacial score (nSPS) is 10.9. The van der Waals surface area contributed by atoms with Crippen molar-refractivity contribution in [2.24, 2.45) is 0 Å². The van der Waals surface area contributed by atoms with E-state index in [0.717, 1.165) is 16.5 Å². The highest BCUT2D eigenvalue weighted by molar-refractivity contribution is 6.09. The molecule has 0 saturated heterocycles. The lowest BCUT2D eigenvalue weighted by molar-refractivity contribution is 0.0470. The lowest BCUT2D eigenvalue weighted by Gasteiger charge is -2.13. The third-order valence-electron chi connectivity index (χ3n) is 5.23. The fourth-order valence-electron chi connectivity index (χ4n) is 3.83. The maximum Gasteiger partial charge on any atom is 0.340 e. The number of aromatic nitrogens is 2. The third kappa shape index (κ3) is 4.21. The maximum atomic E-state index is 12.9. The van der Waals surface area contributed by atoms with E-state index >= 15 is 0 Å². The van der Waals surface area contributed by atoms with Crippen molar-refractivity contribution in [1.29, 1.82) is 0 Å². The van der Waals surface area contributed by atoms with E-state index in [9.17, 15) is 14.4 Å². The summed E-state index contributed by atoms with van der Waals surface area (Å²) in [5.41, 5.74) is 4.00. The molecule has 3 aromatic rings. The second-order valence-corrected chi connectivity index (χ2v) is 7.27. The Kier molecular flexibility index (Phi) is 6.53. The molecule has 0 spiro atoms. The Hall–Kier alpha value is -3.48. The van der Waals surface area contributed by atoms with Gasteiger partial charge in [0.1, 0.15) is 0 Å². The van der Waals surface area contributed by atoms with Gasteiger partial charge in [0.2, 0.25) is 5.78 Å². The number of nitrogens with zero attached hydrogens (tertiary/aromatic N) is 1. The highest BCUT2D eigenvalue weighted by Gasteiger charge is 2.27. The molecule has 0 aliphatic carbocycles. The van der Waals surface area contributed by atoms with Crippen LogP contribution in [0, 0.1) is 20.8 Å². The van der Waals surface area contributed by atoms with Gasteiger partial charge in [-0.25, -0.2) is 9.59 Å². The molecule has 7 nitrogen and oxygen atoms in total. The number of Topliss-reactive ketones (excluding diaryl/α,β-unsaturated/α-hetero) is 1. The van der Waals surface area contributed by atoms with Gasteiger partial charge in [0.05, 0.1) is 34.5 Å². The lowest BCUT2D eigenvalue weighted by Crippen LogP contribution is -2.19. The number of benzene rings is 1. The summed E-state index contributed by atoms with van der Waals surface area (Å²) >= 11 is 0. The lowest BCUT2D eigenvalue weighted by atomic mass is 10.0. The quantitative estimate of drug-likeness (QED) is 0.451. The second kappa shape index (κ2) is 9.12. The summed E-state index contributed by atoms with van der Waals surface area (Å²) in [5.74, 6) is -1.66. The van der Waals surface area contributed by atoms with Crippen molar-refractivity contribution >= 4 is 28.6 Å². The van der Waals surface area contributed by atoms with Gasteiger partial charge < -0.3 is 14.5 Å². The van der Waals surface area contributed by atoms with Gasteiger partial charge in [-0.1, -0.05) is 25.1 Å². The molecular formula is C24H26N2O5. The average molecular weight is 422 g/mol. The molecule has 0 radical (unpaired) electrons. The van der Waals surface area contributed by atoms with Gasteiger partial charge >= 0.3 is 11.9 Å². The molecule has 162 valence electrons. The van der Waals surface area contributed by atoms with Gasteiger partial charge in [0.25, 0.3) is 0 Å². The van der Waals surface area contributed by atoms with Gasteiger partial charge in [-0.05, 0) is 45.7 Å². The van der Waals surface area contributed by atoms with Crippen LogP contribution in [-0.2, 0) is 15.9 Å². The van der Waals surface area contributed by atoms with Crippen LogP contribution in [0.5, 0.6) is 0 Å². The zero-order valence-corrected chi connectivity index (χ0v) is 18.4. The van der Waals surface area contributed by atoms with Crippen LogP contribution in [-0.4, -0.2) is 40.9 Å². The molecule has 0 aliphatic heterocycles. The van der Waals surface area contributed by atoms with E-state index in [1.807, 2.05) is 38.1 Å². The number of hydrogen-bond acceptors (Lipinski definition) is 6. The predicted molar refractivity (Wildman–Crippen MR) is 117 cm³/mol. The number of hydrogen-bond donors (Lipinski definition) is 1. The first-order chi connectivity index (χ1) is 14.8. The number of carbonyl (C=O) groups excluding carboxylic acids is 3. The van der Waals surface area contributed by atoms with Gasteiger partial charge in [0.15, 0.2) is 6.61 Å². The molecule has 0 amide bonds. The summed E-state index contributed by atoms with van der Waals surface area (Å²) in [7, 11) is 0. The largest absolute Gasteiger partial charge is 0.462 e. The molecule has 7 heteroatoms. The van der Waals surface area contributed by atoms with Crippen molar-refractivity contribution in [2.75, 3.05) is 13.2 Å². The minimum atomic E-state index is -0.608. The number of carbonyl (C=O) groups is 3. The van der Waals surface area contributed by atoms with Gasteiger partial charge in [-0.3, -0.25) is 9.78 Å². The van der Waals surface area contributed by atoms with Crippen LogP contribution in [0.3, 0.4) is 0 Å². The first kappa shape index (κ1) is 22.2. The number of pyridine rings is 1. The maximum absolute atomic E-state index is 12.9. The number of aryl methyl sites for hydroxylation is 4. The number of aromatic amines is 1. The van der Waals surface area contributed by atoms with Crippen LogP contribution in [0.25, 0.3) is 10.9 Å². The zero-order valence-electron chi connectivity index (χ0n) is 18.4. The average Bonchev–Trinajstić information content (AvgIpc) is 3.05. The predicted octanol–water partition coefficient (Wildman–Crippen LogP) is 4.27. The van der Waals surface area contributed by atoms with E-state index in [1.54, 1.807) is 20.8 Å². The number of para-hydroxylation sites is 1. The van der Waals surface area contributed by atoms with E-state index in [4.69, 9.17) is 9.47 Å². The molecule has 3 rings (SSSR count). The molecule has 0 atom stereocenters. The molecule has 0 bridgehead atoms. The summed E-state index contributed by atoms with van der Waals surface area (Å²) in [6, 6.07) is 7.58. The van der Waals surface area contributed by atoms with Crippen molar-refractivity contribution in [3.8, 4) is 0 Å². The van der Waals surface area contributed by atoms with E-state index in [-0.39, 0.29) is 17.7 Å². The first-order valence-corrected chi connectivity index (χ1v) is 10.2. The van der Waals surface area contributed by atoms with E-state index in [0.29, 0.717) is 29.1 Å². The molecule has 1 N–H and O–H groups in total. The van der Waals surface area contributed by atoms with Gasteiger partial charge in [-0.2, -0.15) is 0 Å². The number of nitrogens with one attached hydrogen (secondary N) is 1. The van der Waals surface area contributed by atoms with E-state index in [2.05, 4.69) is 9.97 Å². The minimum absolute atomic E-state index is 0.179. The number of H-pyrrole nitrogens is 1. The number of ketones is 1. The minimum Gasteiger partial charge on any atom is -0.462 e. The number of rotatable bonds is 7. The fraction of sp³-hybridized carbons (Fsp3) is 0.333. The van der Waals surface area contributed by atoms with E-state index < -0.39 is 24.3 Å². The van der Waals surface area contributed by atoms with Crippen LogP contribution in [0.4, 0.5) is 0 Å². The molecule has 2 aromatic heterocycles. The topological polar surface area (TPSA) is 98.4 Å². The summed E-state index contributed by atoms with van der Waals surface area (Å²) in [6.45, 7) is 8.55. The third-order valence-corrected chi connectivity index (χ3v) is 5.23. The Bertz CT molecular complexity index is 1180. The Morgan fingerprint density at radius 1 is 0.903 bits per heavy atom. The Morgan fingerprint density at radius 2 is 1.55 bits per heavy atom.